The van der Waals surface area contributed by atoms with Gasteiger partial charge < -0.3 is 14.8 Å². The van der Waals surface area contributed by atoms with Crippen molar-refractivity contribution < 1.29 is 19.1 Å². The van der Waals surface area contributed by atoms with E-state index < -0.39 is 11.9 Å². The van der Waals surface area contributed by atoms with Crippen molar-refractivity contribution in [2.24, 2.45) is 0 Å². The lowest BCUT2D eigenvalue weighted by Gasteiger charge is -2.05. The summed E-state index contributed by atoms with van der Waals surface area (Å²) in [4.78, 5) is 23.3. The van der Waals surface area contributed by atoms with Crippen molar-refractivity contribution in [2.45, 2.75) is 0 Å². The van der Waals surface area contributed by atoms with E-state index in [0.29, 0.717) is 27.1 Å². The quantitative estimate of drug-likeness (QED) is 0.656. The van der Waals surface area contributed by atoms with Gasteiger partial charge in [-0.05, 0) is 42.5 Å². The predicted molar refractivity (Wildman–Crippen MR) is 95.5 cm³/mol. The Labute approximate surface area is 152 Å². The number of anilines is 1. The van der Waals surface area contributed by atoms with Crippen LogP contribution in [-0.2, 0) is 0 Å². The van der Waals surface area contributed by atoms with Gasteiger partial charge in [0.1, 0.15) is 5.76 Å². The molecule has 0 aliphatic heterocycles. The average molecular weight is 376 g/mol. The number of carboxylic acid groups (broad SMARTS) is 1. The summed E-state index contributed by atoms with van der Waals surface area (Å²) in [5.74, 6) is -1.12. The van der Waals surface area contributed by atoms with E-state index >= 15 is 0 Å². The maximum Gasteiger partial charge on any atom is 0.335 e. The number of hydrogen-bond donors (Lipinski definition) is 2. The van der Waals surface area contributed by atoms with E-state index in [1.165, 1.54) is 18.2 Å². The monoisotopic (exact) mass is 375 g/mol. The van der Waals surface area contributed by atoms with E-state index in [4.69, 9.17) is 32.7 Å². The van der Waals surface area contributed by atoms with E-state index in [9.17, 15) is 9.59 Å². The molecule has 25 heavy (non-hydrogen) atoms. The Morgan fingerprint density at radius 2 is 1.76 bits per heavy atom. The van der Waals surface area contributed by atoms with Crippen LogP contribution in [0.4, 0.5) is 5.69 Å². The van der Waals surface area contributed by atoms with Crippen molar-refractivity contribution >= 4 is 40.8 Å². The molecule has 126 valence electrons. The van der Waals surface area contributed by atoms with Crippen LogP contribution in [0.2, 0.25) is 10.0 Å². The Hall–Kier alpha value is -2.76. The van der Waals surface area contributed by atoms with Crippen molar-refractivity contribution in [3.63, 3.8) is 0 Å². The van der Waals surface area contributed by atoms with Crippen molar-refractivity contribution in [1.29, 1.82) is 0 Å². The Morgan fingerprint density at radius 3 is 2.52 bits per heavy atom. The van der Waals surface area contributed by atoms with Crippen LogP contribution in [0.5, 0.6) is 0 Å². The second kappa shape index (κ2) is 7.01. The molecule has 0 spiro atoms. The maximum atomic E-state index is 12.3. The maximum absolute atomic E-state index is 12.3. The zero-order valence-corrected chi connectivity index (χ0v) is 14.1. The van der Waals surface area contributed by atoms with Crippen molar-refractivity contribution in [2.75, 3.05) is 5.32 Å². The molecule has 0 aliphatic carbocycles. The van der Waals surface area contributed by atoms with Crippen LogP contribution in [0.25, 0.3) is 11.3 Å². The van der Waals surface area contributed by atoms with Gasteiger partial charge in [0.05, 0.1) is 15.6 Å². The van der Waals surface area contributed by atoms with Crippen LogP contribution in [-0.4, -0.2) is 17.0 Å². The van der Waals surface area contributed by atoms with Crippen molar-refractivity contribution in [1.82, 2.24) is 0 Å². The van der Waals surface area contributed by atoms with Crippen molar-refractivity contribution in [3.8, 4) is 11.3 Å². The fourth-order valence-electron chi connectivity index (χ4n) is 2.22. The molecule has 0 unspecified atom stereocenters. The third-order valence-corrected chi connectivity index (χ3v) is 4.23. The highest BCUT2D eigenvalue weighted by atomic mass is 35.5. The molecule has 0 saturated carbocycles. The van der Waals surface area contributed by atoms with Gasteiger partial charge in [-0.3, -0.25) is 4.79 Å². The Balaban J connectivity index is 1.83. The number of furan rings is 1. The van der Waals surface area contributed by atoms with Gasteiger partial charge in [-0.15, -0.1) is 0 Å². The molecule has 1 aromatic heterocycles. The highest BCUT2D eigenvalue weighted by Crippen LogP contribution is 2.34. The van der Waals surface area contributed by atoms with Gasteiger partial charge in [0, 0.05) is 11.3 Å². The topological polar surface area (TPSA) is 79.5 Å². The molecule has 0 bridgehead atoms. The SMILES string of the molecule is O=C(O)c1cccc(NC(=O)c2ccc(-c3cccc(Cl)c3Cl)o2)c1. The molecule has 7 heteroatoms. The first-order valence-electron chi connectivity index (χ1n) is 7.14. The first-order chi connectivity index (χ1) is 12.0. The first-order valence-corrected chi connectivity index (χ1v) is 7.90. The highest BCUT2D eigenvalue weighted by molar-refractivity contribution is 6.43. The summed E-state index contributed by atoms with van der Waals surface area (Å²) in [7, 11) is 0. The molecular weight excluding hydrogens is 365 g/mol. The highest BCUT2D eigenvalue weighted by Gasteiger charge is 2.15. The fraction of sp³-hybridized carbons (Fsp3) is 0. The summed E-state index contributed by atoms with van der Waals surface area (Å²) in [6.07, 6.45) is 0. The molecule has 0 saturated heterocycles. The summed E-state index contributed by atoms with van der Waals surface area (Å²) in [5, 5.41) is 12.3. The standard InChI is InChI=1S/C18H11Cl2NO4/c19-13-6-2-5-12(16(13)20)14-7-8-15(25-14)17(22)21-11-4-1-3-10(9-11)18(23)24/h1-9H,(H,21,22)(H,23,24). The lowest BCUT2D eigenvalue weighted by atomic mass is 10.2. The van der Waals surface area contributed by atoms with E-state index in [0.717, 1.165) is 0 Å². The largest absolute Gasteiger partial charge is 0.478 e. The lowest BCUT2D eigenvalue weighted by molar-refractivity contribution is 0.0696. The first kappa shape index (κ1) is 17.1. The predicted octanol–water partition coefficient (Wildman–Crippen LogP) is 5.20. The molecule has 2 aromatic carbocycles. The minimum absolute atomic E-state index is 0.0618. The van der Waals surface area contributed by atoms with Crippen LogP contribution < -0.4 is 5.32 Å². The molecule has 0 atom stereocenters. The summed E-state index contributed by atoms with van der Waals surface area (Å²) in [6, 6.07) is 14.1. The van der Waals surface area contributed by atoms with E-state index in [-0.39, 0.29) is 11.3 Å². The average Bonchev–Trinajstić information content (AvgIpc) is 3.07. The number of aromatic carboxylic acids is 1. The second-order valence-corrected chi connectivity index (χ2v) is 5.89. The van der Waals surface area contributed by atoms with Gasteiger partial charge in [0.15, 0.2) is 5.76 Å². The Morgan fingerprint density at radius 1 is 1.00 bits per heavy atom. The van der Waals surface area contributed by atoms with Gasteiger partial charge in [-0.25, -0.2) is 4.79 Å². The zero-order valence-electron chi connectivity index (χ0n) is 12.6. The van der Waals surface area contributed by atoms with Crippen LogP contribution in [0.1, 0.15) is 20.9 Å². The number of hydrogen-bond acceptors (Lipinski definition) is 3. The summed E-state index contributed by atoms with van der Waals surface area (Å²) >= 11 is 12.1. The molecule has 0 aliphatic rings. The third kappa shape index (κ3) is 3.68. The number of rotatable bonds is 4. The van der Waals surface area contributed by atoms with Crippen LogP contribution >= 0.6 is 23.2 Å². The van der Waals surface area contributed by atoms with E-state index in [1.807, 2.05) is 0 Å². The fourth-order valence-corrected chi connectivity index (χ4v) is 2.62. The molecule has 1 heterocycles. The van der Waals surface area contributed by atoms with Gasteiger partial charge in [-0.2, -0.15) is 0 Å². The molecular formula is C18H11Cl2NO4. The molecule has 1 amide bonds. The number of benzene rings is 2. The van der Waals surface area contributed by atoms with Crippen LogP contribution in [0, 0.1) is 0 Å². The molecule has 3 aromatic rings. The van der Waals surface area contributed by atoms with Crippen LogP contribution in [0.3, 0.4) is 0 Å². The number of amides is 1. The number of carbonyl (C=O) groups excluding carboxylic acids is 1. The minimum atomic E-state index is -1.08. The van der Waals surface area contributed by atoms with E-state index in [2.05, 4.69) is 5.32 Å². The molecule has 2 N–H and O–H groups in total. The summed E-state index contributed by atoms with van der Waals surface area (Å²) in [5.41, 5.74) is 0.994. The van der Waals surface area contributed by atoms with Gasteiger partial charge >= 0.3 is 5.97 Å². The van der Waals surface area contributed by atoms with Gasteiger partial charge in [0.25, 0.3) is 5.91 Å². The number of carboxylic acids is 1. The normalized spacial score (nSPS) is 10.5. The second-order valence-electron chi connectivity index (χ2n) is 5.11. The smallest absolute Gasteiger partial charge is 0.335 e. The minimum Gasteiger partial charge on any atom is -0.478 e. The number of nitrogens with one attached hydrogen (secondary N) is 1. The summed E-state index contributed by atoms with van der Waals surface area (Å²) < 4.78 is 5.55. The number of carbonyl (C=O) groups is 2. The molecule has 5 nitrogen and oxygen atoms in total. The Kier molecular flexibility index (Phi) is 4.79. The zero-order chi connectivity index (χ0) is 18.0. The van der Waals surface area contributed by atoms with Gasteiger partial charge in [0.2, 0.25) is 0 Å². The van der Waals surface area contributed by atoms with E-state index in [1.54, 1.807) is 36.4 Å². The van der Waals surface area contributed by atoms with Crippen LogP contribution in [0.15, 0.2) is 59.0 Å². The van der Waals surface area contributed by atoms with Gasteiger partial charge in [-0.1, -0.05) is 35.3 Å². The molecule has 0 radical (unpaired) electrons. The number of halogens is 2. The lowest BCUT2D eigenvalue weighted by Crippen LogP contribution is -2.11. The molecule has 0 fully saturated rings. The molecule has 3 rings (SSSR count). The summed E-state index contributed by atoms with van der Waals surface area (Å²) in [6.45, 7) is 0. The third-order valence-electron chi connectivity index (χ3n) is 3.41. The van der Waals surface area contributed by atoms with Crippen molar-refractivity contribution in [3.05, 3.63) is 76.0 Å². The Bertz CT molecular complexity index is 965.